The molecule has 1 heterocycles. The first kappa shape index (κ1) is 19.4. The van der Waals surface area contributed by atoms with E-state index in [1.165, 1.54) is 11.3 Å². The topological polar surface area (TPSA) is 67.4 Å². The van der Waals surface area contributed by atoms with E-state index in [-0.39, 0.29) is 11.6 Å². The highest BCUT2D eigenvalue weighted by atomic mass is 32.1. The van der Waals surface area contributed by atoms with Crippen molar-refractivity contribution in [3.63, 3.8) is 0 Å². The van der Waals surface area contributed by atoms with Crippen LogP contribution in [-0.4, -0.2) is 18.9 Å². The number of methoxy groups -OCH3 is 1. The van der Waals surface area contributed by atoms with Crippen molar-refractivity contribution < 1.29 is 14.3 Å². The summed E-state index contributed by atoms with van der Waals surface area (Å²) in [7, 11) is 1.54. The van der Waals surface area contributed by atoms with E-state index in [0.717, 1.165) is 10.4 Å². The highest BCUT2D eigenvalue weighted by Gasteiger charge is 2.16. The van der Waals surface area contributed by atoms with Crippen LogP contribution in [0.3, 0.4) is 0 Å². The average Bonchev–Trinajstić information content (AvgIpc) is 3.21. The van der Waals surface area contributed by atoms with Gasteiger partial charge in [-0.2, -0.15) is 0 Å². The third-order valence-corrected chi connectivity index (χ3v) is 4.78. The second-order valence-corrected chi connectivity index (χ2v) is 7.03. The number of amides is 2. The van der Waals surface area contributed by atoms with E-state index in [1.54, 1.807) is 43.5 Å². The molecule has 0 saturated carbocycles. The first-order valence-electron chi connectivity index (χ1n) is 8.64. The molecule has 0 aliphatic carbocycles. The van der Waals surface area contributed by atoms with Crippen LogP contribution < -0.4 is 15.4 Å². The van der Waals surface area contributed by atoms with Crippen molar-refractivity contribution in [1.82, 2.24) is 5.32 Å². The molecule has 5 nitrogen and oxygen atoms in total. The van der Waals surface area contributed by atoms with Crippen molar-refractivity contribution in [2.45, 2.75) is 6.92 Å². The fourth-order valence-electron chi connectivity index (χ4n) is 2.57. The molecule has 3 aromatic rings. The van der Waals surface area contributed by atoms with Crippen molar-refractivity contribution in [2.24, 2.45) is 0 Å². The summed E-state index contributed by atoms with van der Waals surface area (Å²) in [5.74, 6) is -0.236. The summed E-state index contributed by atoms with van der Waals surface area (Å²) in [5.41, 5.74) is 2.15. The second kappa shape index (κ2) is 9.01. The minimum absolute atomic E-state index is 0.153. The zero-order valence-corrected chi connectivity index (χ0v) is 16.4. The highest BCUT2D eigenvalue weighted by Crippen LogP contribution is 2.26. The summed E-state index contributed by atoms with van der Waals surface area (Å²) in [5, 5.41) is 7.46. The Morgan fingerprint density at radius 1 is 1.04 bits per heavy atom. The van der Waals surface area contributed by atoms with Gasteiger partial charge in [-0.15, -0.1) is 11.3 Å². The Bertz CT molecular complexity index is 996. The number of aryl methyl sites for hydroxylation is 1. The van der Waals surface area contributed by atoms with Gasteiger partial charge in [0, 0.05) is 10.4 Å². The molecule has 1 aromatic heterocycles. The van der Waals surface area contributed by atoms with Crippen molar-refractivity contribution in [3.05, 3.63) is 87.7 Å². The van der Waals surface area contributed by atoms with E-state index in [9.17, 15) is 9.59 Å². The number of rotatable bonds is 6. The van der Waals surface area contributed by atoms with Crippen LogP contribution in [0.15, 0.2) is 71.7 Å². The van der Waals surface area contributed by atoms with Crippen molar-refractivity contribution in [3.8, 4) is 5.75 Å². The molecule has 2 amide bonds. The number of anilines is 1. The molecule has 0 radical (unpaired) electrons. The van der Waals surface area contributed by atoms with Gasteiger partial charge in [-0.3, -0.25) is 9.59 Å². The van der Waals surface area contributed by atoms with Crippen molar-refractivity contribution in [2.75, 3.05) is 12.4 Å². The van der Waals surface area contributed by atoms with Crippen molar-refractivity contribution >= 4 is 34.9 Å². The summed E-state index contributed by atoms with van der Waals surface area (Å²) in [6.07, 6.45) is 1.66. The van der Waals surface area contributed by atoms with Crippen LogP contribution >= 0.6 is 11.3 Å². The van der Waals surface area contributed by atoms with Gasteiger partial charge in [0.05, 0.1) is 12.8 Å². The number of nitrogens with one attached hydrogen (secondary N) is 2. The maximum absolute atomic E-state index is 12.9. The molecule has 3 rings (SSSR count). The lowest BCUT2D eigenvalue weighted by atomic mass is 10.2. The average molecular weight is 392 g/mol. The number of carbonyl (C=O) groups excluding carboxylic acids is 2. The van der Waals surface area contributed by atoms with Gasteiger partial charge in [-0.05, 0) is 54.3 Å². The number of carbonyl (C=O) groups is 2. The zero-order chi connectivity index (χ0) is 19.9. The summed E-state index contributed by atoms with van der Waals surface area (Å²) in [6.45, 7) is 1.93. The van der Waals surface area contributed by atoms with Gasteiger partial charge in [-0.1, -0.05) is 30.3 Å². The number of hydrogen-bond donors (Lipinski definition) is 2. The van der Waals surface area contributed by atoms with Crippen LogP contribution in [0.1, 0.15) is 20.8 Å². The molecule has 0 saturated heterocycles. The molecular formula is C22H20N2O3S. The molecule has 0 unspecified atom stereocenters. The van der Waals surface area contributed by atoms with Crippen LogP contribution in [0, 0.1) is 6.92 Å². The van der Waals surface area contributed by atoms with Crippen LogP contribution in [-0.2, 0) is 4.79 Å². The maximum atomic E-state index is 12.9. The lowest BCUT2D eigenvalue weighted by Gasteiger charge is -2.14. The minimum Gasteiger partial charge on any atom is -0.495 e. The summed E-state index contributed by atoms with van der Waals surface area (Å²) in [4.78, 5) is 26.4. The number of ether oxygens (including phenoxy) is 1. The first-order chi connectivity index (χ1) is 13.6. The van der Waals surface area contributed by atoms with Gasteiger partial charge >= 0.3 is 0 Å². The Hall–Kier alpha value is -3.38. The molecule has 0 aliphatic heterocycles. The molecule has 28 heavy (non-hydrogen) atoms. The lowest BCUT2D eigenvalue weighted by Crippen LogP contribution is -2.30. The Morgan fingerprint density at radius 2 is 1.82 bits per heavy atom. The van der Waals surface area contributed by atoms with Gasteiger partial charge in [-0.25, -0.2) is 0 Å². The second-order valence-electron chi connectivity index (χ2n) is 6.05. The summed E-state index contributed by atoms with van der Waals surface area (Å²) < 4.78 is 5.32. The Kier molecular flexibility index (Phi) is 6.24. The molecule has 2 aromatic carbocycles. The number of benzene rings is 2. The predicted octanol–water partition coefficient (Wildman–Crippen LogP) is 4.47. The third-order valence-electron chi connectivity index (χ3n) is 3.96. The van der Waals surface area contributed by atoms with Gasteiger partial charge in [0.1, 0.15) is 11.4 Å². The van der Waals surface area contributed by atoms with Crippen LogP contribution in [0.2, 0.25) is 0 Å². The molecule has 2 N–H and O–H groups in total. The van der Waals surface area contributed by atoms with Gasteiger partial charge < -0.3 is 15.4 Å². The van der Waals surface area contributed by atoms with Gasteiger partial charge in [0.25, 0.3) is 11.8 Å². The summed E-state index contributed by atoms with van der Waals surface area (Å²) >= 11 is 1.48. The number of hydrogen-bond acceptors (Lipinski definition) is 4. The smallest absolute Gasteiger partial charge is 0.272 e. The van der Waals surface area contributed by atoms with E-state index >= 15 is 0 Å². The minimum atomic E-state index is -0.429. The standard InChI is InChI=1S/C22H20N2O3S/c1-15-10-11-20(27-2)18(13-15)23-22(26)19(14-17-9-6-12-28-17)24-21(25)16-7-4-3-5-8-16/h3-14H,1-2H3,(H,23,26)(H,24,25)/b19-14-. The Labute approximate surface area is 167 Å². The summed E-state index contributed by atoms with van der Waals surface area (Å²) in [6, 6.07) is 18.0. The van der Waals surface area contributed by atoms with E-state index < -0.39 is 5.91 Å². The maximum Gasteiger partial charge on any atom is 0.272 e. The monoisotopic (exact) mass is 392 g/mol. The fraction of sp³-hybridized carbons (Fsp3) is 0.0909. The molecular weight excluding hydrogens is 372 g/mol. The van der Waals surface area contributed by atoms with E-state index in [2.05, 4.69) is 10.6 Å². The van der Waals surface area contributed by atoms with Gasteiger partial charge in [0.2, 0.25) is 0 Å². The fourth-order valence-corrected chi connectivity index (χ4v) is 3.22. The Morgan fingerprint density at radius 3 is 2.50 bits per heavy atom. The largest absolute Gasteiger partial charge is 0.495 e. The normalized spacial score (nSPS) is 11.0. The Balaban J connectivity index is 1.88. The SMILES string of the molecule is COc1ccc(C)cc1NC(=O)/C(=C/c1cccs1)NC(=O)c1ccccc1. The molecule has 0 spiro atoms. The van der Waals surface area contributed by atoms with Crippen LogP contribution in [0.4, 0.5) is 5.69 Å². The van der Waals surface area contributed by atoms with Crippen molar-refractivity contribution in [1.29, 1.82) is 0 Å². The predicted molar refractivity (Wildman–Crippen MR) is 113 cm³/mol. The van der Waals surface area contributed by atoms with E-state index in [4.69, 9.17) is 4.74 Å². The lowest BCUT2D eigenvalue weighted by molar-refractivity contribution is -0.113. The van der Waals surface area contributed by atoms with Gasteiger partial charge in [0.15, 0.2) is 0 Å². The molecule has 0 fully saturated rings. The van der Waals surface area contributed by atoms with Crippen LogP contribution in [0.5, 0.6) is 5.75 Å². The molecule has 6 heteroatoms. The molecule has 142 valence electrons. The highest BCUT2D eigenvalue weighted by molar-refractivity contribution is 7.10. The first-order valence-corrected chi connectivity index (χ1v) is 9.52. The van der Waals surface area contributed by atoms with E-state index in [0.29, 0.717) is 17.0 Å². The third kappa shape index (κ3) is 4.86. The molecule has 0 atom stereocenters. The zero-order valence-electron chi connectivity index (χ0n) is 15.6. The van der Waals surface area contributed by atoms with E-state index in [1.807, 2.05) is 42.6 Å². The molecule has 0 aliphatic rings. The molecule has 0 bridgehead atoms. The van der Waals surface area contributed by atoms with Crippen LogP contribution in [0.25, 0.3) is 6.08 Å². The quantitative estimate of drug-likeness (QED) is 0.608. The number of thiophene rings is 1.